The van der Waals surface area contributed by atoms with Crippen molar-refractivity contribution in [3.63, 3.8) is 0 Å². The molecule has 2 aliphatic rings. The Labute approximate surface area is 171 Å². The van der Waals surface area contributed by atoms with Gasteiger partial charge in [0.2, 0.25) is 5.13 Å². The molecule has 0 N–H and O–H groups in total. The molecule has 0 bridgehead atoms. The average Bonchev–Trinajstić information content (AvgIpc) is 3.25. The van der Waals surface area contributed by atoms with Crippen LogP contribution in [0.1, 0.15) is 32.1 Å². The van der Waals surface area contributed by atoms with Gasteiger partial charge in [-0.25, -0.2) is 0 Å². The fourth-order valence-corrected chi connectivity index (χ4v) is 6.29. The van der Waals surface area contributed by atoms with Gasteiger partial charge in [0.25, 0.3) is 10.2 Å². The topological polar surface area (TPSA) is 69.6 Å². The molecular weight excluding hydrogens is 394 g/mol. The summed E-state index contributed by atoms with van der Waals surface area (Å²) in [5, 5.41) is 0.858. The minimum absolute atomic E-state index is 0.147. The smallest absolute Gasteiger partial charge is 0.282 e. The molecule has 1 aliphatic carbocycles. The Balaban J connectivity index is 1.38. The molecule has 0 amide bonds. The van der Waals surface area contributed by atoms with Crippen LogP contribution < -0.4 is 4.90 Å². The maximum absolute atomic E-state index is 13.0. The number of aromatic nitrogens is 2. The van der Waals surface area contributed by atoms with E-state index in [1.54, 1.807) is 15.7 Å². The number of hydrogen-bond donors (Lipinski definition) is 0. The zero-order valence-corrected chi connectivity index (χ0v) is 17.8. The van der Waals surface area contributed by atoms with E-state index in [1.165, 1.54) is 18.0 Å². The molecule has 0 unspecified atom stereocenters. The zero-order chi connectivity index (χ0) is 19.6. The lowest BCUT2D eigenvalue weighted by Gasteiger charge is -2.38. The van der Waals surface area contributed by atoms with Gasteiger partial charge >= 0.3 is 0 Å². The van der Waals surface area contributed by atoms with Crippen molar-refractivity contribution < 1.29 is 8.42 Å². The van der Waals surface area contributed by atoms with Crippen molar-refractivity contribution in [3.8, 4) is 11.4 Å². The minimum atomic E-state index is -3.40. The molecular formula is C19H27N5O2S2. The first-order valence-corrected chi connectivity index (χ1v) is 12.1. The van der Waals surface area contributed by atoms with Crippen molar-refractivity contribution in [1.29, 1.82) is 0 Å². The first-order chi connectivity index (χ1) is 13.6. The maximum atomic E-state index is 13.0. The molecule has 1 saturated carbocycles. The Morgan fingerprint density at radius 2 is 1.71 bits per heavy atom. The number of benzene rings is 1. The summed E-state index contributed by atoms with van der Waals surface area (Å²) in [5.41, 5.74) is 1.00. The summed E-state index contributed by atoms with van der Waals surface area (Å²) in [4.78, 5) is 6.79. The van der Waals surface area contributed by atoms with Crippen LogP contribution in [0.3, 0.4) is 0 Å². The van der Waals surface area contributed by atoms with Crippen molar-refractivity contribution in [1.82, 2.24) is 18.0 Å². The maximum Gasteiger partial charge on any atom is 0.282 e. The molecule has 1 aliphatic heterocycles. The number of anilines is 1. The summed E-state index contributed by atoms with van der Waals surface area (Å²) in [6.45, 7) is 2.25. The predicted octanol–water partition coefficient (Wildman–Crippen LogP) is 2.84. The standard InChI is InChI=1S/C19H27N5O2S2/c1-22(17-10-6-3-7-11-17)28(25,26)24-14-12-23(13-15-24)19-20-18(21-27-19)16-8-4-2-5-9-16/h2,4-5,8-9,17H,3,6-7,10-15H2,1H3. The highest BCUT2D eigenvalue weighted by molar-refractivity contribution is 7.86. The first-order valence-electron chi connectivity index (χ1n) is 9.93. The van der Waals surface area contributed by atoms with Crippen LogP contribution in [0.25, 0.3) is 11.4 Å². The summed E-state index contributed by atoms with van der Waals surface area (Å²) >= 11 is 1.38. The lowest BCUT2D eigenvalue weighted by atomic mass is 9.96. The molecule has 0 spiro atoms. The van der Waals surface area contributed by atoms with Gasteiger partial charge in [-0.1, -0.05) is 49.6 Å². The molecule has 2 heterocycles. The van der Waals surface area contributed by atoms with E-state index in [4.69, 9.17) is 0 Å². The van der Waals surface area contributed by atoms with Crippen LogP contribution >= 0.6 is 11.5 Å². The molecule has 4 rings (SSSR count). The second-order valence-electron chi connectivity index (χ2n) is 7.47. The molecule has 1 aromatic heterocycles. The van der Waals surface area contributed by atoms with Crippen molar-refractivity contribution in [2.24, 2.45) is 0 Å². The highest BCUT2D eigenvalue weighted by Gasteiger charge is 2.35. The SMILES string of the molecule is CN(C1CCCCC1)S(=O)(=O)N1CCN(c2nc(-c3ccccc3)ns2)CC1. The molecule has 1 saturated heterocycles. The van der Waals surface area contributed by atoms with E-state index in [0.717, 1.165) is 42.2 Å². The Bertz CT molecular complexity index is 873. The predicted molar refractivity (Wildman–Crippen MR) is 113 cm³/mol. The van der Waals surface area contributed by atoms with Gasteiger partial charge in [0, 0.05) is 56.4 Å². The van der Waals surface area contributed by atoms with Crippen LogP contribution in [0.2, 0.25) is 0 Å². The average molecular weight is 422 g/mol. The van der Waals surface area contributed by atoms with Gasteiger partial charge in [0.15, 0.2) is 5.82 Å². The van der Waals surface area contributed by atoms with Crippen molar-refractivity contribution >= 4 is 26.9 Å². The van der Waals surface area contributed by atoms with Gasteiger partial charge < -0.3 is 4.90 Å². The Kier molecular flexibility index (Phi) is 5.96. The van der Waals surface area contributed by atoms with Crippen molar-refractivity contribution in [2.75, 3.05) is 38.1 Å². The monoisotopic (exact) mass is 421 g/mol. The van der Waals surface area contributed by atoms with Gasteiger partial charge in [0.1, 0.15) is 0 Å². The van der Waals surface area contributed by atoms with Gasteiger partial charge in [-0.3, -0.25) is 0 Å². The number of hydrogen-bond acceptors (Lipinski definition) is 6. The van der Waals surface area contributed by atoms with E-state index in [1.807, 2.05) is 30.3 Å². The molecule has 2 fully saturated rings. The third kappa shape index (κ3) is 4.07. The van der Waals surface area contributed by atoms with Crippen LogP contribution in [0.15, 0.2) is 30.3 Å². The van der Waals surface area contributed by atoms with Crippen LogP contribution in [-0.2, 0) is 10.2 Å². The molecule has 1 aromatic carbocycles. The Morgan fingerprint density at radius 3 is 2.39 bits per heavy atom. The Morgan fingerprint density at radius 1 is 1.04 bits per heavy atom. The van der Waals surface area contributed by atoms with Gasteiger partial charge in [-0.05, 0) is 12.8 Å². The number of nitrogens with zero attached hydrogens (tertiary/aromatic N) is 5. The summed E-state index contributed by atoms with van der Waals surface area (Å²) < 4.78 is 33.8. The van der Waals surface area contributed by atoms with Crippen LogP contribution in [0.4, 0.5) is 5.13 Å². The van der Waals surface area contributed by atoms with Crippen LogP contribution in [0.5, 0.6) is 0 Å². The molecule has 0 atom stereocenters. The van der Waals surface area contributed by atoms with Crippen LogP contribution in [0, 0.1) is 0 Å². The zero-order valence-electron chi connectivity index (χ0n) is 16.2. The largest absolute Gasteiger partial charge is 0.344 e. The summed E-state index contributed by atoms with van der Waals surface area (Å²) in [5.74, 6) is 0.729. The molecule has 0 radical (unpaired) electrons. The highest BCUT2D eigenvalue weighted by atomic mass is 32.2. The molecule has 7 nitrogen and oxygen atoms in total. The molecule has 9 heteroatoms. The summed E-state index contributed by atoms with van der Waals surface area (Å²) in [6, 6.07) is 10.1. The first kappa shape index (κ1) is 19.8. The van der Waals surface area contributed by atoms with E-state index in [2.05, 4.69) is 14.3 Å². The second kappa shape index (κ2) is 8.44. The fraction of sp³-hybridized carbons (Fsp3) is 0.579. The lowest BCUT2D eigenvalue weighted by Crippen LogP contribution is -2.54. The normalized spacial score (nSPS) is 20.0. The molecule has 2 aromatic rings. The van der Waals surface area contributed by atoms with E-state index in [9.17, 15) is 8.42 Å². The second-order valence-corrected chi connectivity index (χ2v) is 10.2. The van der Waals surface area contributed by atoms with Crippen LogP contribution in [-0.4, -0.2) is 65.7 Å². The van der Waals surface area contributed by atoms with Gasteiger partial charge in [-0.15, -0.1) is 0 Å². The quantitative estimate of drug-likeness (QED) is 0.743. The molecule has 152 valence electrons. The van der Waals surface area contributed by atoms with E-state index in [0.29, 0.717) is 26.2 Å². The van der Waals surface area contributed by atoms with E-state index >= 15 is 0 Å². The van der Waals surface area contributed by atoms with E-state index < -0.39 is 10.2 Å². The molecule has 28 heavy (non-hydrogen) atoms. The Hall–Kier alpha value is -1.55. The van der Waals surface area contributed by atoms with Gasteiger partial charge in [-0.2, -0.15) is 26.4 Å². The van der Waals surface area contributed by atoms with Crippen molar-refractivity contribution in [2.45, 2.75) is 38.1 Å². The fourth-order valence-electron chi connectivity index (χ4n) is 3.97. The highest BCUT2D eigenvalue weighted by Crippen LogP contribution is 2.27. The summed E-state index contributed by atoms with van der Waals surface area (Å²) in [7, 11) is -1.65. The third-order valence-corrected chi connectivity index (χ3v) is 8.56. The van der Waals surface area contributed by atoms with Gasteiger partial charge in [0.05, 0.1) is 0 Å². The lowest BCUT2D eigenvalue weighted by molar-refractivity contribution is 0.259. The van der Waals surface area contributed by atoms with E-state index in [-0.39, 0.29) is 6.04 Å². The number of piperazine rings is 1. The third-order valence-electron chi connectivity index (χ3n) is 5.74. The minimum Gasteiger partial charge on any atom is -0.344 e. The van der Waals surface area contributed by atoms with Crippen molar-refractivity contribution in [3.05, 3.63) is 30.3 Å². The summed E-state index contributed by atoms with van der Waals surface area (Å²) in [6.07, 6.45) is 5.42. The number of rotatable bonds is 5.